The van der Waals surface area contributed by atoms with Crippen LogP contribution in [-0.4, -0.2) is 0 Å². The molecule has 0 radical (unpaired) electrons. The van der Waals surface area contributed by atoms with E-state index in [0.717, 1.165) is 0 Å². The average Bonchev–Trinajstić information content (AvgIpc) is 2.42. The maximum absolute atomic E-state index is 2.16. The van der Waals surface area contributed by atoms with Crippen molar-refractivity contribution >= 4 is 5.57 Å². The molecule has 0 spiro atoms. The summed E-state index contributed by atoms with van der Waals surface area (Å²) in [7, 11) is 0. The molecule has 1 aromatic carbocycles. The molecule has 0 aromatic heterocycles. The van der Waals surface area contributed by atoms with E-state index < -0.39 is 0 Å². The molecule has 0 fully saturated rings. The Morgan fingerprint density at radius 3 is 1.71 bits per heavy atom. The van der Waals surface area contributed by atoms with Crippen LogP contribution < -0.4 is 0 Å². The molecule has 0 saturated carbocycles. The van der Waals surface area contributed by atoms with Gasteiger partial charge in [0.2, 0.25) is 0 Å². The number of hydrogen-bond acceptors (Lipinski definition) is 0. The molecule has 0 nitrogen and oxygen atoms in total. The first-order valence-corrected chi connectivity index (χ1v) is 6.64. The molecule has 1 rings (SSSR count). The molecule has 0 aliphatic carbocycles. The first-order chi connectivity index (χ1) is 8.27. The Bertz CT molecular complexity index is 312. The Balaban J connectivity index is 0. The molecule has 0 amide bonds. The van der Waals surface area contributed by atoms with Crippen molar-refractivity contribution in [1.82, 2.24) is 0 Å². The smallest absolute Gasteiger partial charge is 0.0187 e. The number of hydrogen-bond donors (Lipinski definition) is 0. The maximum atomic E-state index is 2.16. The summed E-state index contributed by atoms with van der Waals surface area (Å²) in [6.07, 6.45) is 6.32. The number of rotatable bonds is 2. The monoisotopic (exact) mass is 232 g/mol. The Kier molecular flexibility index (Phi) is 13.6. The summed E-state index contributed by atoms with van der Waals surface area (Å²) in [6, 6.07) is 8.60. The van der Waals surface area contributed by atoms with Gasteiger partial charge in [-0.05, 0) is 31.9 Å². The van der Waals surface area contributed by atoms with Gasteiger partial charge >= 0.3 is 0 Å². The van der Waals surface area contributed by atoms with Crippen LogP contribution in [0.4, 0.5) is 0 Å². The summed E-state index contributed by atoms with van der Waals surface area (Å²) in [5, 5.41) is 0. The summed E-state index contributed by atoms with van der Waals surface area (Å²) in [5.41, 5.74) is 3.87. The largest absolute Gasteiger partial charge is 0.0871 e. The lowest BCUT2D eigenvalue weighted by atomic mass is 10.0. The fraction of sp³-hybridized carbons (Fsp3) is 0.412. The van der Waals surface area contributed by atoms with Crippen molar-refractivity contribution in [3.63, 3.8) is 0 Å². The van der Waals surface area contributed by atoms with Gasteiger partial charge in [-0.1, -0.05) is 75.8 Å². The Morgan fingerprint density at radius 1 is 0.882 bits per heavy atom. The highest BCUT2D eigenvalue weighted by Crippen LogP contribution is 2.16. The van der Waals surface area contributed by atoms with Gasteiger partial charge in [-0.25, -0.2) is 0 Å². The number of benzene rings is 1. The highest BCUT2D eigenvalue weighted by atomic mass is 14.0. The van der Waals surface area contributed by atoms with Gasteiger partial charge in [0.15, 0.2) is 0 Å². The molecule has 1 aromatic rings. The SMILES string of the molecule is C/C=C\C(=C/C)c1ccc(C)cc1.CC.CC. The van der Waals surface area contributed by atoms with E-state index in [1.807, 2.05) is 34.6 Å². The second-order valence-electron chi connectivity index (χ2n) is 3.11. The molecule has 0 heterocycles. The lowest BCUT2D eigenvalue weighted by Gasteiger charge is -2.01. The second kappa shape index (κ2) is 12.8. The van der Waals surface area contributed by atoms with E-state index in [9.17, 15) is 0 Å². The molecule has 17 heavy (non-hydrogen) atoms. The Hall–Kier alpha value is -1.30. The Labute approximate surface area is 108 Å². The summed E-state index contributed by atoms with van der Waals surface area (Å²) in [6.45, 7) is 14.2. The van der Waals surface area contributed by atoms with Gasteiger partial charge in [-0.2, -0.15) is 0 Å². The third-order valence-electron chi connectivity index (χ3n) is 2.04. The normalized spacial score (nSPS) is 10.2. The van der Waals surface area contributed by atoms with Crippen LogP contribution in [0.25, 0.3) is 5.57 Å². The minimum Gasteiger partial charge on any atom is -0.0871 e. The van der Waals surface area contributed by atoms with Crippen LogP contribution in [-0.2, 0) is 0 Å². The molecule has 0 bridgehead atoms. The van der Waals surface area contributed by atoms with Gasteiger partial charge in [0, 0.05) is 0 Å². The second-order valence-corrected chi connectivity index (χ2v) is 3.11. The lowest BCUT2D eigenvalue weighted by molar-refractivity contribution is 1.45. The summed E-state index contributed by atoms with van der Waals surface area (Å²) >= 11 is 0. The highest BCUT2D eigenvalue weighted by molar-refractivity contribution is 5.73. The van der Waals surface area contributed by atoms with Crippen LogP contribution in [0.1, 0.15) is 52.7 Å². The fourth-order valence-electron chi connectivity index (χ4n) is 1.28. The highest BCUT2D eigenvalue weighted by Gasteiger charge is 1.94. The van der Waals surface area contributed by atoms with E-state index in [4.69, 9.17) is 0 Å². The van der Waals surface area contributed by atoms with Crippen molar-refractivity contribution in [2.45, 2.75) is 48.5 Å². The first-order valence-electron chi connectivity index (χ1n) is 6.64. The van der Waals surface area contributed by atoms with Gasteiger partial charge in [-0.3, -0.25) is 0 Å². The molecule has 0 heteroatoms. The predicted octanol–water partition coefficient (Wildman–Crippen LogP) is 6.03. The molecule has 0 atom stereocenters. The van der Waals surface area contributed by atoms with Gasteiger partial charge in [0.05, 0.1) is 0 Å². The molecule has 0 unspecified atom stereocenters. The van der Waals surface area contributed by atoms with Crippen LogP contribution in [0, 0.1) is 6.92 Å². The zero-order valence-electron chi connectivity index (χ0n) is 12.5. The molecule has 0 N–H and O–H groups in total. The van der Waals surface area contributed by atoms with E-state index in [2.05, 4.69) is 56.3 Å². The van der Waals surface area contributed by atoms with Crippen LogP contribution in [0.3, 0.4) is 0 Å². The van der Waals surface area contributed by atoms with Crippen LogP contribution in [0.5, 0.6) is 0 Å². The topological polar surface area (TPSA) is 0 Å². The van der Waals surface area contributed by atoms with Crippen molar-refractivity contribution in [1.29, 1.82) is 0 Å². The van der Waals surface area contributed by atoms with E-state index in [-0.39, 0.29) is 0 Å². The van der Waals surface area contributed by atoms with Crippen LogP contribution in [0.15, 0.2) is 42.5 Å². The third-order valence-corrected chi connectivity index (χ3v) is 2.04. The predicted molar refractivity (Wildman–Crippen MR) is 82.3 cm³/mol. The van der Waals surface area contributed by atoms with Crippen molar-refractivity contribution in [2.24, 2.45) is 0 Å². The molecule has 0 aliphatic rings. The van der Waals surface area contributed by atoms with E-state index >= 15 is 0 Å². The van der Waals surface area contributed by atoms with Crippen molar-refractivity contribution in [3.8, 4) is 0 Å². The van der Waals surface area contributed by atoms with E-state index in [0.29, 0.717) is 0 Å². The van der Waals surface area contributed by atoms with E-state index in [1.165, 1.54) is 16.7 Å². The molecule has 0 aliphatic heterocycles. The summed E-state index contributed by atoms with van der Waals surface area (Å²) in [4.78, 5) is 0. The molecular weight excluding hydrogens is 204 g/mol. The van der Waals surface area contributed by atoms with Crippen LogP contribution in [0.2, 0.25) is 0 Å². The van der Waals surface area contributed by atoms with Gasteiger partial charge < -0.3 is 0 Å². The quantitative estimate of drug-likeness (QED) is 0.546. The van der Waals surface area contributed by atoms with Crippen molar-refractivity contribution in [3.05, 3.63) is 53.6 Å². The minimum atomic E-state index is 1.28. The van der Waals surface area contributed by atoms with Crippen molar-refractivity contribution in [2.75, 3.05) is 0 Å². The standard InChI is InChI=1S/C13H16.2C2H6/c1-4-6-12(5-2)13-9-7-11(3)8-10-13;2*1-2/h4-10H,1-3H3;2*1-2H3/b6-4-,12-5+;;. The first kappa shape index (κ1) is 18.1. The summed E-state index contributed by atoms with van der Waals surface area (Å²) < 4.78 is 0. The van der Waals surface area contributed by atoms with Gasteiger partial charge in [-0.15, -0.1) is 0 Å². The zero-order valence-corrected chi connectivity index (χ0v) is 12.5. The Morgan fingerprint density at radius 2 is 1.35 bits per heavy atom. The van der Waals surface area contributed by atoms with Gasteiger partial charge in [0.25, 0.3) is 0 Å². The molecule has 96 valence electrons. The molecular formula is C17H28. The molecule has 0 saturated heterocycles. The average molecular weight is 232 g/mol. The number of aryl methyl sites for hydroxylation is 1. The van der Waals surface area contributed by atoms with E-state index in [1.54, 1.807) is 0 Å². The van der Waals surface area contributed by atoms with Gasteiger partial charge in [0.1, 0.15) is 0 Å². The minimum absolute atomic E-state index is 1.28. The van der Waals surface area contributed by atoms with Crippen molar-refractivity contribution < 1.29 is 0 Å². The number of allylic oxidation sites excluding steroid dienone is 4. The fourth-order valence-corrected chi connectivity index (χ4v) is 1.28. The zero-order chi connectivity index (χ0) is 13.7. The van der Waals surface area contributed by atoms with Crippen LogP contribution >= 0.6 is 0 Å². The third kappa shape index (κ3) is 7.57. The maximum Gasteiger partial charge on any atom is -0.0187 e. The lowest BCUT2D eigenvalue weighted by Crippen LogP contribution is -1.80. The summed E-state index contributed by atoms with van der Waals surface area (Å²) in [5.74, 6) is 0.